The van der Waals surface area contributed by atoms with Crippen LogP contribution in [0.3, 0.4) is 0 Å². The van der Waals surface area contributed by atoms with Crippen LogP contribution in [-0.4, -0.2) is 35.9 Å². The maximum Gasteiger partial charge on any atom is 0.287 e. The molecule has 2 rings (SSSR count). The first-order valence-electron chi connectivity index (χ1n) is 6.97. The molecule has 0 bridgehead atoms. The predicted octanol–water partition coefficient (Wildman–Crippen LogP) is 1.88. The van der Waals surface area contributed by atoms with Crippen molar-refractivity contribution in [1.82, 2.24) is 5.32 Å². The van der Waals surface area contributed by atoms with Crippen LogP contribution in [0.25, 0.3) is 0 Å². The number of aryl methyl sites for hydroxylation is 1. The molecular weight excluding hydrogens is 258 g/mol. The van der Waals surface area contributed by atoms with Crippen LogP contribution < -0.4 is 5.32 Å². The van der Waals surface area contributed by atoms with Crippen molar-refractivity contribution in [3.63, 3.8) is 0 Å². The van der Waals surface area contributed by atoms with E-state index in [1.54, 1.807) is 6.07 Å². The molecular formula is C15H23NO4. The number of amides is 1. The number of rotatable bonds is 5. The van der Waals surface area contributed by atoms with Crippen LogP contribution >= 0.6 is 0 Å². The average Bonchev–Trinajstić information content (AvgIpc) is 2.83. The average molecular weight is 281 g/mol. The highest BCUT2D eigenvalue weighted by Crippen LogP contribution is 2.51. The molecule has 0 radical (unpaired) electrons. The van der Waals surface area contributed by atoms with Gasteiger partial charge in [0.15, 0.2) is 5.76 Å². The van der Waals surface area contributed by atoms with Gasteiger partial charge >= 0.3 is 0 Å². The first-order chi connectivity index (χ1) is 9.38. The molecule has 112 valence electrons. The predicted molar refractivity (Wildman–Crippen MR) is 74.5 cm³/mol. The molecule has 2 atom stereocenters. The smallest absolute Gasteiger partial charge is 0.287 e. The number of hydrogen-bond acceptors (Lipinski definition) is 4. The van der Waals surface area contributed by atoms with Crippen molar-refractivity contribution in [1.29, 1.82) is 0 Å². The van der Waals surface area contributed by atoms with E-state index in [1.807, 2.05) is 27.7 Å². The lowest BCUT2D eigenvalue weighted by molar-refractivity contribution is -0.172. The fourth-order valence-electron chi connectivity index (χ4n) is 2.88. The summed E-state index contributed by atoms with van der Waals surface area (Å²) in [7, 11) is 0. The number of hydrogen-bond donors (Lipinski definition) is 2. The standard InChI is InChI=1S/C15H23NO4/c1-5-19-11-8-15(9-17,14(11,3)4)16-13(18)12-10(2)6-7-20-12/h6-7,11,17H,5,8-9H2,1-4H3,(H,16,18)/t11-,15-/m1/s1. The van der Waals surface area contributed by atoms with E-state index < -0.39 is 5.54 Å². The number of furan rings is 1. The van der Waals surface area contributed by atoms with Gasteiger partial charge in [0.1, 0.15) is 0 Å². The van der Waals surface area contributed by atoms with Crippen LogP contribution in [0.5, 0.6) is 0 Å². The first-order valence-corrected chi connectivity index (χ1v) is 6.97. The van der Waals surface area contributed by atoms with Gasteiger partial charge in [0.25, 0.3) is 5.91 Å². The van der Waals surface area contributed by atoms with Crippen molar-refractivity contribution in [3.8, 4) is 0 Å². The molecule has 1 aromatic rings. The van der Waals surface area contributed by atoms with Crippen LogP contribution in [0, 0.1) is 12.3 Å². The topological polar surface area (TPSA) is 71.7 Å². The monoisotopic (exact) mass is 281 g/mol. The SMILES string of the molecule is CCO[C@@H]1C[C@](CO)(NC(=O)c2occc2C)C1(C)C. The minimum atomic E-state index is -0.664. The second-order valence-electron chi connectivity index (χ2n) is 6.00. The molecule has 1 saturated carbocycles. The van der Waals surface area contributed by atoms with Crippen molar-refractivity contribution in [3.05, 3.63) is 23.7 Å². The Bertz CT molecular complexity index is 494. The molecule has 0 saturated heterocycles. The van der Waals surface area contributed by atoms with Gasteiger partial charge in [0.2, 0.25) is 0 Å². The maximum atomic E-state index is 12.3. The highest BCUT2D eigenvalue weighted by Gasteiger charge is 2.61. The zero-order valence-electron chi connectivity index (χ0n) is 12.5. The van der Waals surface area contributed by atoms with E-state index >= 15 is 0 Å². The summed E-state index contributed by atoms with van der Waals surface area (Å²) in [5, 5.41) is 12.7. The minimum Gasteiger partial charge on any atom is -0.459 e. The molecule has 5 heteroatoms. The zero-order chi connectivity index (χ0) is 15.0. The van der Waals surface area contributed by atoms with E-state index in [1.165, 1.54) is 6.26 Å². The fourth-order valence-corrected chi connectivity index (χ4v) is 2.88. The van der Waals surface area contributed by atoms with Crippen LogP contribution in [0.4, 0.5) is 0 Å². The molecule has 1 aromatic heterocycles. The zero-order valence-corrected chi connectivity index (χ0v) is 12.5. The van der Waals surface area contributed by atoms with E-state index in [4.69, 9.17) is 9.15 Å². The van der Waals surface area contributed by atoms with E-state index in [9.17, 15) is 9.90 Å². The van der Waals surface area contributed by atoms with Gasteiger partial charge in [-0.3, -0.25) is 4.79 Å². The summed E-state index contributed by atoms with van der Waals surface area (Å²) in [5.74, 6) is 0.0121. The Kier molecular flexibility index (Phi) is 3.93. The van der Waals surface area contributed by atoms with Gasteiger partial charge in [-0.05, 0) is 19.9 Å². The molecule has 0 unspecified atom stereocenters. The maximum absolute atomic E-state index is 12.3. The van der Waals surface area contributed by atoms with E-state index in [0.29, 0.717) is 18.8 Å². The normalized spacial score (nSPS) is 27.9. The first kappa shape index (κ1) is 15.1. The highest BCUT2D eigenvalue weighted by molar-refractivity contribution is 5.93. The largest absolute Gasteiger partial charge is 0.459 e. The molecule has 0 aromatic carbocycles. The van der Waals surface area contributed by atoms with Crippen LogP contribution in [0.2, 0.25) is 0 Å². The van der Waals surface area contributed by atoms with Gasteiger partial charge in [0.05, 0.1) is 24.5 Å². The van der Waals surface area contributed by atoms with Crippen LogP contribution in [-0.2, 0) is 4.74 Å². The lowest BCUT2D eigenvalue weighted by Gasteiger charge is -2.60. The summed E-state index contributed by atoms with van der Waals surface area (Å²) in [4.78, 5) is 12.3. The van der Waals surface area contributed by atoms with E-state index in [0.717, 1.165) is 5.56 Å². The van der Waals surface area contributed by atoms with Crippen molar-refractivity contribution >= 4 is 5.91 Å². The van der Waals surface area contributed by atoms with Gasteiger partial charge in [-0.1, -0.05) is 13.8 Å². The number of carbonyl (C=O) groups excluding carboxylic acids is 1. The Morgan fingerprint density at radius 1 is 1.60 bits per heavy atom. The van der Waals surface area contributed by atoms with Crippen molar-refractivity contribution < 1.29 is 19.1 Å². The van der Waals surface area contributed by atoms with E-state index in [2.05, 4.69) is 5.32 Å². The molecule has 0 aliphatic heterocycles. The third-order valence-corrected chi connectivity index (χ3v) is 4.63. The summed E-state index contributed by atoms with van der Waals surface area (Å²) in [6.07, 6.45) is 2.14. The summed E-state index contributed by atoms with van der Waals surface area (Å²) in [6.45, 7) is 8.28. The molecule has 1 aliphatic carbocycles. The minimum absolute atomic E-state index is 0.0395. The van der Waals surface area contributed by atoms with Crippen LogP contribution in [0.15, 0.2) is 16.7 Å². The second-order valence-corrected chi connectivity index (χ2v) is 6.00. The Morgan fingerprint density at radius 3 is 2.75 bits per heavy atom. The van der Waals surface area contributed by atoms with E-state index in [-0.39, 0.29) is 24.0 Å². The van der Waals surface area contributed by atoms with Gasteiger partial charge in [-0.2, -0.15) is 0 Å². The molecule has 1 aliphatic rings. The number of ether oxygens (including phenoxy) is 1. The third-order valence-electron chi connectivity index (χ3n) is 4.63. The number of nitrogens with one attached hydrogen (secondary N) is 1. The lowest BCUT2D eigenvalue weighted by atomic mass is 9.54. The van der Waals surface area contributed by atoms with Gasteiger partial charge in [0, 0.05) is 24.0 Å². The van der Waals surface area contributed by atoms with Crippen molar-refractivity contribution in [2.24, 2.45) is 5.41 Å². The fraction of sp³-hybridized carbons (Fsp3) is 0.667. The molecule has 1 amide bonds. The number of carbonyl (C=O) groups is 1. The molecule has 5 nitrogen and oxygen atoms in total. The Balaban J connectivity index is 2.14. The van der Waals surface area contributed by atoms with Gasteiger partial charge in [-0.25, -0.2) is 0 Å². The lowest BCUT2D eigenvalue weighted by Crippen LogP contribution is -2.74. The number of aliphatic hydroxyl groups is 1. The van der Waals surface area contributed by atoms with Crippen LogP contribution in [0.1, 0.15) is 43.3 Å². The summed E-state index contributed by atoms with van der Waals surface area (Å²) >= 11 is 0. The Labute approximate surface area is 119 Å². The summed E-state index contributed by atoms with van der Waals surface area (Å²) in [5.41, 5.74) is -0.203. The second kappa shape index (κ2) is 5.22. The third kappa shape index (κ3) is 2.15. The Hall–Kier alpha value is -1.33. The molecule has 0 spiro atoms. The quantitative estimate of drug-likeness (QED) is 0.864. The summed E-state index contributed by atoms with van der Waals surface area (Å²) < 4.78 is 10.9. The van der Waals surface area contributed by atoms with Gasteiger partial charge in [-0.15, -0.1) is 0 Å². The van der Waals surface area contributed by atoms with Crippen molar-refractivity contribution in [2.75, 3.05) is 13.2 Å². The Morgan fingerprint density at radius 2 is 2.30 bits per heavy atom. The van der Waals surface area contributed by atoms with Crippen molar-refractivity contribution in [2.45, 2.75) is 45.8 Å². The molecule has 1 heterocycles. The molecule has 20 heavy (non-hydrogen) atoms. The summed E-state index contributed by atoms with van der Waals surface area (Å²) in [6, 6.07) is 1.75. The number of aliphatic hydroxyl groups excluding tert-OH is 1. The molecule has 1 fully saturated rings. The van der Waals surface area contributed by atoms with Gasteiger partial charge < -0.3 is 19.6 Å². The highest BCUT2D eigenvalue weighted by atomic mass is 16.5. The molecule has 2 N–H and O–H groups in total.